The lowest BCUT2D eigenvalue weighted by Gasteiger charge is -2.15. The number of hydrogen-bond acceptors (Lipinski definition) is 2. The number of carbonyl (C=O) groups is 2. The number of Topliss-reactive ketones (excluding diaryl/α,β-unsaturated/α-hetero) is 1. The summed E-state index contributed by atoms with van der Waals surface area (Å²) in [5, 5.41) is 1.01. The van der Waals surface area contributed by atoms with E-state index in [1.54, 1.807) is 42.5 Å². The molecule has 2 aromatic carbocycles. The summed E-state index contributed by atoms with van der Waals surface area (Å²) in [5.41, 5.74) is 2.17. The minimum absolute atomic E-state index is 0.124. The fourth-order valence-electron chi connectivity index (χ4n) is 2.43. The van der Waals surface area contributed by atoms with E-state index in [-0.39, 0.29) is 11.6 Å². The second-order valence-electron chi connectivity index (χ2n) is 4.86. The highest BCUT2D eigenvalue weighted by molar-refractivity contribution is 6.34. The zero-order valence-electron chi connectivity index (χ0n) is 10.9. The molecule has 0 saturated heterocycles. The summed E-state index contributed by atoms with van der Waals surface area (Å²) in [6.45, 7) is 0. The topological polar surface area (TPSA) is 34.1 Å². The lowest BCUT2D eigenvalue weighted by molar-refractivity contribution is 0.0982. The summed E-state index contributed by atoms with van der Waals surface area (Å²) in [5.74, 6) is -0.269. The molecule has 0 amide bonds. The van der Waals surface area contributed by atoms with Crippen molar-refractivity contribution in [3.05, 3.63) is 80.8 Å². The van der Waals surface area contributed by atoms with E-state index in [1.807, 2.05) is 0 Å². The van der Waals surface area contributed by atoms with Crippen LogP contribution >= 0.6 is 23.2 Å². The van der Waals surface area contributed by atoms with Crippen LogP contribution in [-0.4, -0.2) is 11.6 Å². The maximum atomic E-state index is 12.5. The molecule has 0 aromatic heterocycles. The molecule has 4 heteroatoms. The van der Waals surface area contributed by atoms with Gasteiger partial charge in [-0.15, -0.1) is 0 Å². The van der Waals surface area contributed by atoms with Gasteiger partial charge in [-0.3, -0.25) is 9.59 Å². The van der Waals surface area contributed by atoms with Crippen molar-refractivity contribution in [1.29, 1.82) is 0 Å². The number of fused-ring (bicyclic) bond motifs is 1. The first-order chi connectivity index (χ1) is 10.0. The van der Waals surface area contributed by atoms with E-state index in [2.05, 4.69) is 0 Å². The van der Waals surface area contributed by atoms with Crippen LogP contribution in [-0.2, 0) is 6.42 Å². The van der Waals surface area contributed by atoms with Crippen LogP contribution in [0.15, 0.2) is 54.1 Å². The van der Waals surface area contributed by atoms with Crippen molar-refractivity contribution in [2.45, 2.75) is 6.42 Å². The molecule has 2 nitrogen and oxygen atoms in total. The minimum Gasteiger partial charge on any atom is -0.289 e. The first kappa shape index (κ1) is 14.1. The van der Waals surface area contributed by atoms with Gasteiger partial charge in [0, 0.05) is 33.2 Å². The maximum Gasteiger partial charge on any atom is 0.190 e. The molecule has 2 aromatic rings. The van der Waals surface area contributed by atoms with Crippen molar-refractivity contribution in [2.24, 2.45) is 0 Å². The molecule has 0 saturated carbocycles. The zero-order chi connectivity index (χ0) is 15.0. The van der Waals surface area contributed by atoms with Crippen LogP contribution in [0.25, 0.3) is 0 Å². The number of halogens is 2. The summed E-state index contributed by atoms with van der Waals surface area (Å²) < 4.78 is 0. The predicted octanol–water partition coefficient (Wildman–Crippen LogP) is 4.54. The van der Waals surface area contributed by atoms with Gasteiger partial charge in [-0.25, -0.2) is 0 Å². The van der Waals surface area contributed by atoms with Crippen molar-refractivity contribution in [3.8, 4) is 0 Å². The minimum atomic E-state index is -0.145. The molecule has 104 valence electrons. The van der Waals surface area contributed by atoms with Crippen molar-refractivity contribution < 1.29 is 9.59 Å². The third kappa shape index (κ3) is 2.78. The third-order valence-electron chi connectivity index (χ3n) is 3.35. The van der Waals surface area contributed by atoms with Gasteiger partial charge < -0.3 is 0 Å². The number of carbonyl (C=O) groups excluding carboxylic acids is 2. The van der Waals surface area contributed by atoms with E-state index in [1.165, 1.54) is 6.08 Å². The molecule has 1 aliphatic rings. The van der Waals surface area contributed by atoms with Gasteiger partial charge in [-0.2, -0.15) is 0 Å². The van der Waals surface area contributed by atoms with E-state index < -0.39 is 0 Å². The normalized spacial score (nSPS) is 13.9. The monoisotopic (exact) mass is 316 g/mol. The summed E-state index contributed by atoms with van der Waals surface area (Å²) in [7, 11) is 0. The molecule has 0 heterocycles. The Morgan fingerprint density at radius 1 is 0.857 bits per heavy atom. The molecular formula is C17H10Cl2O2. The van der Waals surface area contributed by atoms with Gasteiger partial charge in [0.25, 0.3) is 0 Å². The van der Waals surface area contributed by atoms with Crippen LogP contribution in [0.5, 0.6) is 0 Å². The molecule has 0 bridgehead atoms. The van der Waals surface area contributed by atoms with Crippen LogP contribution in [0.2, 0.25) is 10.0 Å². The first-order valence-electron chi connectivity index (χ1n) is 6.38. The van der Waals surface area contributed by atoms with Crippen LogP contribution in [0.1, 0.15) is 26.3 Å². The van der Waals surface area contributed by atoms with Gasteiger partial charge in [0.05, 0.1) is 0 Å². The summed E-state index contributed by atoms with van der Waals surface area (Å²) in [4.78, 5) is 24.5. The Morgan fingerprint density at radius 3 is 2.14 bits per heavy atom. The Kier molecular flexibility index (Phi) is 3.66. The average Bonchev–Trinajstić information content (AvgIpc) is 2.43. The molecule has 0 atom stereocenters. The summed E-state index contributed by atoms with van der Waals surface area (Å²) in [6, 6.07) is 12.0. The molecule has 0 fully saturated rings. The van der Waals surface area contributed by atoms with Gasteiger partial charge in [0.1, 0.15) is 0 Å². The fourth-order valence-corrected chi connectivity index (χ4v) is 3.01. The standard InChI is InChI=1S/C17H10Cl2O2/c18-12-6-10(7-13(19)9-12)5-11-8-16(20)14-3-1-2-4-15(14)17(11)21/h1-4,6-9H,5H2. The van der Waals surface area contributed by atoms with Crippen LogP contribution in [0.3, 0.4) is 0 Å². The number of allylic oxidation sites excluding steroid dienone is 2. The summed E-state index contributed by atoms with van der Waals surface area (Å²) in [6.07, 6.45) is 1.73. The third-order valence-corrected chi connectivity index (χ3v) is 3.79. The number of ketones is 2. The van der Waals surface area contributed by atoms with Crippen molar-refractivity contribution in [1.82, 2.24) is 0 Å². The molecule has 21 heavy (non-hydrogen) atoms. The van der Waals surface area contributed by atoms with Crippen LogP contribution < -0.4 is 0 Å². The molecule has 0 spiro atoms. The SMILES string of the molecule is O=C1C=C(Cc2cc(Cl)cc(Cl)c2)C(=O)c2ccccc21. The van der Waals surface area contributed by atoms with E-state index in [9.17, 15) is 9.59 Å². The predicted molar refractivity (Wildman–Crippen MR) is 83.4 cm³/mol. The Hall–Kier alpha value is -1.90. The van der Waals surface area contributed by atoms with Gasteiger partial charge in [-0.05, 0) is 29.8 Å². The quantitative estimate of drug-likeness (QED) is 0.815. The van der Waals surface area contributed by atoms with Gasteiger partial charge in [0.15, 0.2) is 11.6 Å². The maximum absolute atomic E-state index is 12.5. The molecular weight excluding hydrogens is 307 g/mol. The van der Waals surface area contributed by atoms with Gasteiger partial charge in [0.2, 0.25) is 0 Å². The lowest BCUT2D eigenvalue weighted by Crippen LogP contribution is -2.18. The summed E-state index contributed by atoms with van der Waals surface area (Å²) >= 11 is 11.9. The van der Waals surface area contributed by atoms with Gasteiger partial charge >= 0.3 is 0 Å². The number of benzene rings is 2. The van der Waals surface area contributed by atoms with E-state index in [0.29, 0.717) is 33.2 Å². The largest absolute Gasteiger partial charge is 0.289 e. The fraction of sp³-hybridized carbons (Fsp3) is 0.0588. The van der Waals surface area contributed by atoms with Crippen molar-refractivity contribution >= 4 is 34.8 Å². The highest BCUT2D eigenvalue weighted by atomic mass is 35.5. The Morgan fingerprint density at radius 2 is 1.48 bits per heavy atom. The zero-order valence-corrected chi connectivity index (χ0v) is 12.4. The van der Waals surface area contributed by atoms with E-state index in [0.717, 1.165) is 5.56 Å². The molecule has 0 unspecified atom stereocenters. The highest BCUT2D eigenvalue weighted by Crippen LogP contribution is 2.26. The van der Waals surface area contributed by atoms with E-state index in [4.69, 9.17) is 23.2 Å². The van der Waals surface area contributed by atoms with Crippen LogP contribution in [0, 0.1) is 0 Å². The van der Waals surface area contributed by atoms with E-state index >= 15 is 0 Å². The van der Waals surface area contributed by atoms with Crippen molar-refractivity contribution in [2.75, 3.05) is 0 Å². The molecule has 0 N–H and O–H groups in total. The molecule has 1 aliphatic carbocycles. The second kappa shape index (κ2) is 5.47. The number of hydrogen-bond donors (Lipinski definition) is 0. The van der Waals surface area contributed by atoms with Gasteiger partial charge in [-0.1, -0.05) is 47.5 Å². The smallest absolute Gasteiger partial charge is 0.190 e. The second-order valence-corrected chi connectivity index (χ2v) is 5.74. The first-order valence-corrected chi connectivity index (χ1v) is 7.14. The van der Waals surface area contributed by atoms with Crippen LogP contribution in [0.4, 0.5) is 0 Å². The molecule has 0 radical (unpaired) electrons. The number of rotatable bonds is 2. The molecule has 0 aliphatic heterocycles. The highest BCUT2D eigenvalue weighted by Gasteiger charge is 2.24. The Balaban J connectivity index is 1.97. The van der Waals surface area contributed by atoms with Crippen molar-refractivity contribution in [3.63, 3.8) is 0 Å². The Labute approximate surface area is 132 Å². The molecule has 3 rings (SSSR count). The average molecular weight is 317 g/mol. The lowest BCUT2D eigenvalue weighted by atomic mass is 9.87. The Bertz CT molecular complexity index is 771.